The fraction of sp³-hybridized carbons (Fsp3) is 0.273. The zero-order chi connectivity index (χ0) is 12.4. The molecule has 2 heterocycles. The van der Waals surface area contributed by atoms with Crippen molar-refractivity contribution in [2.45, 2.75) is 13.5 Å². The summed E-state index contributed by atoms with van der Waals surface area (Å²) < 4.78 is 1.71. The van der Waals surface area contributed by atoms with Gasteiger partial charge in [-0.3, -0.25) is 4.68 Å². The van der Waals surface area contributed by atoms with Gasteiger partial charge in [-0.15, -0.1) is 11.3 Å². The number of nitrogens with one attached hydrogen (secondary N) is 1. The molecule has 0 atom stereocenters. The van der Waals surface area contributed by atoms with Crippen LogP contribution in [0.1, 0.15) is 20.1 Å². The number of aromatic carboxylic acids is 1. The zero-order valence-corrected chi connectivity index (χ0v) is 10.4. The van der Waals surface area contributed by atoms with E-state index in [0.29, 0.717) is 11.4 Å². The average Bonchev–Trinajstić information content (AvgIpc) is 2.82. The predicted molar refractivity (Wildman–Crippen MR) is 66.6 cm³/mol. The molecule has 2 aromatic rings. The van der Waals surface area contributed by atoms with Gasteiger partial charge in [0.15, 0.2) is 0 Å². The Morgan fingerprint density at radius 3 is 2.94 bits per heavy atom. The Morgan fingerprint density at radius 2 is 2.41 bits per heavy atom. The van der Waals surface area contributed by atoms with Crippen molar-refractivity contribution < 1.29 is 9.90 Å². The van der Waals surface area contributed by atoms with Gasteiger partial charge in [0.1, 0.15) is 4.88 Å². The molecule has 2 N–H and O–H groups in total. The van der Waals surface area contributed by atoms with Crippen LogP contribution in [0, 0.1) is 6.92 Å². The van der Waals surface area contributed by atoms with E-state index in [9.17, 15) is 4.79 Å². The molecule has 0 fully saturated rings. The fourth-order valence-corrected chi connectivity index (χ4v) is 2.39. The average molecular weight is 251 g/mol. The van der Waals surface area contributed by atoms with Crippen molar-refractivity contribution in [1.29, 1.82) is 0 Å². The maximum atomic E-state index is 10.8. The maximum Gasteiger partial charge on any atom is 0.345 e. The van der Waals surface area contributed by atoms with Gasteiger partial charge in [-0.1, -0.05) is 0 Å². The summed E-state index contributed by atoms with van der Waals surface area (Å²) in [6.07, 6.45) is 3.61. The van der Waals surface area contributed by atoms with E-state index in [1.54, 1.807) is 16.9 Å². The Morgan fingerprint density at radius 1 is 1.65 bits per heavy atom. The van der Waals surface area contributed by atoms with E-state index in [-0.39, 0.29) is 0 Å². The number of carboxylic acids is 1. The molecule has 0 bridgehead atoms. The van der Waals surface area contributed by atoms with Crippen molar-refractivity contribution in [2.75, 3.05) is 5.32 Å². The molecule has 0 saturated heterocycles. The van der Waals surface area contributed by atoms with Gasteiger partial charge in [0, 0.05) is 24.7 Å². The molecule has 6 heteroatoms. The summed E-state index contributed by atoms with van der Waals surface area (Å²) in [5.74, 6) is -0.870. The summed E-state index contributed by atoms with van der Waals surface area (Å²) in [6, 6.07) is 1.71. The lowest BCUT2D eigenvalue weighted by atomic mass is 10.2. The van der Waals surface area contributed by atoms with Crippen LogP contribution in [-0.2, 0) is 13.6 Å². The second-order valence-corrected chi connectivity index (χ2v) is 5.01. The highest BCUT2D eigenvalue weighted by atomic mass is 32.1. The van der Waals surface area contributed by atoms with Gasteiger partial charge in [-0.05, 0) is 18.6 Å². The second kappa shape index (κ2) is 4.58. The highest BCUT2D eigenvalue weighted by Crippen LogP contribution is 2.22. The van der Waals surface area contributed by atoms with Crippen molar-refractivity contribution in [2.24, 2.45) is 7.05 Å². The van der Waals surface area contributed by atoms with E-state index in [2.05, 4.69) is 10.4 Å². The van der Waals surface area contributed by atoms with E-state index in [0.717, 1.165) is 16.1 Å². The summed E-state index contributed by atoms with van der Waals surface area (Å²) in [5.41, 5.74) is 1.94. The van der Waals surface area contributed by atoms with E-state index in [1.807, 2.05) is 20.2 Å². The van der Waals surface area contributed by atoms with Crippen LogP contribution in [0.15, 0.2) is 18.5 Å². The number of carboxylic acid groups (broad SMARTS) is 1. The largest absolute Gasteiger partial charge is 0.477 e. The van der Waals surface area contributed by atoms with Crippen molar-refractivity contribution in [3.63, 3.8) is 0 Å². The van der Waals surface area contributed by atoms with Gasteiger partial charge < -0.3 is 10.4 Å². The van der Waals surface area contributed by atoms with Gasteiger partial charge in [0.05, 0.1) is 11.9 Å². The first kappa shape index (κ1) is 11.7. The molecule has 17 heavy (non-hydrogen) atoms. The lowest BCUT2D eigenvalue weighted by Crippen LogP contribution is -1.98. The highest BCUT2D eigenvalue weighted by Gasteiger charge is 2.10. The second-order valence-electron chi connectivity index (χ2n) is 3.75. The molecule has 0 saturated carbocycles. The van der Waals surface area contributed by atoms with Crippen LogP contribution in [0.4, 0.5) is 5.69 Å². The number of aromatic nitrogens is 2. The summed E-state index contributed by atoms with van der Waals surface area (Å²) in [4.78, 5) is 12.2. The molecule has 0 amide bonds. The van der Waals surface area contributed by atoms with Crippen LogP contribution >= 0.6 is 11.3 Å². The first-order valence-corrected chi connectivity index (χ1v) is 5.93. The predicted octanol–water partition coefficient (Wildman–Crippen LogP) is 2.10. The fourth-order valence-electron chi connectivity index (χ4n) is 1.51. The third-order valence-electron chi connectivity index (χ3n) is 2.42. The minimum absolute atomic E-state index is 0.380. The molecule has 0 aromatic carbocycles. The van der Waals surface area contributed by atoms with E-state index in [1.165, 1.54) is 11.3 Å². The Kier molecular flexibility index (Phi) is 3.14. The van der Waals surface area contributed by atoms with Crippen molar-refractivity contribution in [3.8, 4) is 0 Å². The number of thiophene rings is 1. The number of aryl methyl sites for hydroxylation is 2. The van der Waals surface area contributed by atoms with Crippen LogP contribution in [0.3, 0.4) is 0 Å². The number of hydrogen-bond donors (Lipinski definition) is 2. The van der Waals surface area contributed by atoms with E-state index in [4.69, 9.17) is 5.11 Å². The molecule has 0 aliphatic rings. The number of anilines is 1. The Hall–Kier alpha value is -1.82. The molecular formula is C11H13N3O2S. The number of hydrogen-bond acceptors (Lipinski definition) is 4. The molecule has 0 aliphatic carbocycles. The summed E-state index contributed by atoms with van der Waals surface area (Å²) in [7, 11) is 1.85. The molecule has 0 unspecified atom stereocenters. The molecule has 90 valence electrons. The lowest BCUT2D eigenvalue weighted by molar-refractivity contribution is 0.0702. The summed E-state index contributed by atoms with van der Waals surface area (Å²) in [6.45, 7) is 2.54. The van der Waals surface area contributed by atoms with Gasteiger partial charge >= 0.3 is 5.97 Å². The van der Waals surface area contributed by atoms with Crippen LogP contribution in [0.5, 0.6) is 0 Å². The number of nitrogens with zero attached hydrogens (tertiary/aromatic N) is 2. The van der Waals surface area contributed by atoms with E-state index < -0.39 is 5.97 Å². The number of rotatable bonds is 4. The highest BCUT2D eigenvalue weighted by molar-refractivity contribution is 7.14. The Labute approximate surface area is 103 Å². The molecular weight excluding hydrogens is 238 g/mol. The van der Waals surface area contributed by atoms with Crippen molar-refractivity contribution in [1.82, 2.24) is 9.78 Å². The molecule has 0 spiro atoms. The SMILES string of the molecule is Cc1sc(C(=O)O)cc1CNc1cnn(C)c1. The number of carbonyl (C=O) groups is 1. The summed E-state index contributed by atoms with van der Waals surface area (Å²) >= 11 is 1.30. The molecule has 2 aromatic heterocycles. The third kappa shape index (κ3) is 2.65. The topological polar surface area (TPSA) is 67.2 Å². The van der Waals surface area contributed by atoms with E-state index >= 15 is 0 Å². The zero-order valence-electron chi connectivity index (χ0n) is 9.60. The third-order valence-corrected chi connectivity index (χ3v) is 3.50. The Balaban J connectivity index is 2.06. The molecule has 0 aliphatic heterocycles. The maximum absolute atomic E-state index is 10.8. The van der Waals surface area contributed by atoms with Crippen LogP contribution in [-0.4, -0.2) is 20.9 Å². The first-order chi connectivity index (χ1) is 8.06. The molecule has 2 rings (SSSR count). The quantitative estimate of drug-likeness (QED) is 0.873. The van der Waals surface area contributed by atoms with Crippen molar-refractivity contribution >= 4 is 23.0 Å². The van der Waals surface area contributed by atoms with Crippen LogP contribution in [0.25, 0.3) is 0 Å². The smallest absolute Gasteiger partial charge is 0.345 e. The van der Waals surface area contributed by atoms with Gasteiger partial charge in [-0.25, -0.2) is 4.79 Å². The van der Waals surface area contributed by atoms with Gasteiger partial charge in [0.25, 0.3) is 0 Å². The Bertz CT molecular complexity index is 545. The van der Waals surface area contributed by atoms with Crippen molar-refractivity contribution in [3.05, 3.63) is 33.8 Å². The minimum Gasteiger partial charge on any atom is -0.477 e. The minimum atomic E-state index is -0.870. The van der Waals surface area contributed by atoms with Crippen LogP contribution < -0.4 is 5.32 Å². The monoisotopic (exact) mass is 251 g/mol. The normalized spacial score (nSPS) is 10.5. The van der Waals surface area contributed by atoms with Crippen LogP contribution in [0.2, 0.25) is 0 Å². The summed E-state index contributed by atoms with van der Waals surface area (Å²) in [5, 5.41) is 16.1. The first-order valence-electron chi connectivity index (χ1n) is 5.11. The molecule has 0 radical (unpaired) electrons. The standard InChI is InChI=1S/C11H13N3O2S/c1-7-8(3-10(17-7)11(15)16)4-12-9-5-13-14(2)6-9/h3,5-6,12H,4H2,1-2H3,(H,15,16). The van der Waals surface area contributed by atoms with Gasteiger partial charge in [0.2, 0.25) is 0 Å². The lowest BCUT2D eigenvalue weighted by Gasteiger charge is -2.01. The molecule has 5 nitrogen and oxygen atoms in total. The van der Waals surface area contributed by atoms with Gasteiger partial charge in [-0.2, -0.15) is 5.10 Å².